The van der Waals surface area contributed by atoms with E-state index in [2.05, 4.69) is 15.2 Å². The molecule has 0 saturated heterocycles. The van der Waals surface area contributed by atoms with Crippen molar-refractivity contribution in [2.75, 3.05) is 7.05 Å². The van der Waals surface area contributed by atoms with E-state index in [1.165, 1.54) is 11.0 Å². The van der Waals surface area contributed by atoms with Crippen molar-refractivity contribution in [3.63, 3.8) is 0 Å². The highest BCUT2D eigenvalue weighted by molar-refractivity contribution is 5.93. The second-order valence-corrected chi connectivity index (χ2v) is 8.03. The molecule has 5 aromatic rings. The quantitative estimate of drug-likeness (QED) is 0.391. The molecule has 10 heteroatoms. The van der Waals surface area contributed by atoms with E-state index in [0.717, 1.165) is 16.8 Å². The van der Waals surface area contributed by atoms with Gasteiger partial charge in [0.25, 0.3) is 5.91 Å². The number of hydrogen-bond acceptors (Lipinski definition) is 4. The van der Waals surface area contributed by atoms with Gasteiger partial charge in [-0.3, -0.25) is 9.48 Å². The second kappa shape index (κ2) is 7.98. The van der Waals surface area contributed by atoms with Crippen LogP contribution in [0.15, 0.2) is 66.9 Å². The molecular formula is C24H19F3N6O. The summed E-state index contributed by atoms with van der Waals surface area (Å²) in [7, 11) is 3.30. The van der Waals surface area contributed by atoms with Crippen molar-refractivity contribution in [1.29, 1.82) is 0 Å². The molecule has 0 fully saturated rings. The molecule has 0 aliphatic rings. The standard InChI is InChI=1S/C24H19F3N6O/c1-31(14-18-9-10-32(2)29-18)23(34)20-13-22-28-19(12-21(24(25,26)27)33(22)30-20)17-8-7-15-5-3-4-6-16(15)11-17/h3-13H,14H2,1-2H3. The van der Waals surface area contributed by atoms with Gasteiger partial charge in [0.05, 0.1) is 17.9 Å². The summed E-state index contributed by atoms with van der Waals surface area (Å²) in [5.74, 6) is -0.531. The topological polar surface area (TPSA) is 68.3 Å². The Morgan fingerprint density at radius 3 is 2.47 bits per heavy atom. The number of carbonyl (C=O) groups excluding carboxylic acids is 1. The summed E-state index contributed by atoms with van der Waals surface area (Å²) in [6.45, 7) is 0.190. The van der Waals surface area contributed by atoms with Crippen LogP contribution in [0.1, 0.15) is 21.9 Å². The molecule has 172 valence electrons. The Kier molecular flexibility index (Phi) is 5.07. The van der Waals surface area contributed by atoms with Crippen molar-refractivity contribution in [3.05, 3.63) is 83.9 Å². The van der Waals surface area contributed by atoms with Crippen LogP contribution in [-0.2, 0) is 19.8 Å². The van der Waals surface area contributed by atoms with Crippen molar-refractivity contribution in [2.45, 2.75) is 12.7 Å². The third-order valence-electron chi connectivity index (χ3n) is 5.50. The number of nitrogens with zero attached hydrogens (tertiary/aromatic N) is 6. The number of fused-ring (bicyclic) bond motifs is 2. The fourth-order valence-corrected chi connectivity index (χ4v) is 3.84. The van der Waals surface area contributed by atoms with Gasteiger partial charge < -0.3 is 4.90 Å². The molecule has 0 unspecified atom stereocenters. The highest BCUT2D eigenvalue weighted by Gasteiger charge is 2.36. The van der Waals surface area contributed by atoms with Crippen LogP contribution in [-0.4, -0.2) is 42.2 Å². The summed E-state index contributed by atoms with van der Waals surface area (Å²) >= 11 is 0. The van der Waals surface area contributed by atoms with Crippen LogP contribution in [0.2, 0.25) is 0 Å². The number of hydrogen-bond donors (Lipinski definition) is 0. The molecule has 0 aliphatic carbocycles. The van der Waals surface area contributed by atoms with Gasteiger partial charge in [-0.25, -0.2) is 9.50 Å². The number of amides is 1. The molecule has 2 aromatic carbocycles. The molecule has 0 radical (unpaired) electrons. The maximum absolute atomic E-state index is 13.9. The molecule has 1 amide bonds. The third kappa shape index (κ3) is 3.98. The van der Waals surface area contributed by atoms with Gasteiger partial charge in [0.1, 0.15) is 0 Å². The van der Waals surface area contributed by atoms with Crippen molar-refractivity contribution < 1.29 is 18.0 Å². The first-order valence-electron chi connectivity index (χ1n) is 10.4. The Balaban J connectivity index is 1.56. The molecule has 34 heavy (non-hydrogen) atoms. The fraction of sp³-hybridized carbons (Fsp3) is 0.167. The number of halogens is 3. The maximum Gasteiger partial charge on any atom is 0.433 e. The predicted molar refractivity (Wildman–Crippen MR) is 120 cm³/mol. The normalized spacial score (nSPS) is 11.9. The van der Waals surface area contributed by atoms with Gasteiger partial charge in [0, 0.05) is 31.9 Å². The largest absolute Gasteiger partial charge is 0.433 e. The van der Waals surface area contributed by atoms with E-state index in [-0.39, 0.29) is 23.6 Å². The first kappa shape index (κ1) is 21.6. The lowest BCUT2D eigenvalue weighted by Gasteiger charge is -2.14. The predicted octanol–water partition coefficient (Wildman–Crippen LogP) is 4.57. The number of alkyl halides is 3. The van der Waals surface area contributed by atoms with Crippen LogP contribution in [0.3, 0.4) is 0 Å². The van der Waals surface area contributed by atoms with E-state index >= 15 is 0 Å². The lowest BCUT2D eigenvalue weighted by Crippen LogP contribution is -2.27. The third-order valence-corrected chi connectivity index (χ3v) is 5.50. The minimum atomic E-state index is -4.70. The van der Waals surface area contributed by atoms with Crippen molar-refractivity contribution in [2.24, 2.45) is 7.05 Å². The van der Waals surface area contributed by atoms with Crippen molar-refractivity contribution >= 4 is 22.3 Å². The molecule has 0 spiro atoms. The van der Waals surface area contributed by atoms with Crippen LogP contribution < -0.4 is 0 Å². The van der Waals surface area contributed by atoms with Gasteiger partial charge in [-0.05, 0) is 29.0 Å². The van der Waals surface area contributed by atoms with E-state index < -0.39 is 17.8 Å². The smallest absolute Gasteiger partial charge is 0.334 e. The highest BCUT2D eigenvalue weighted by Crippen LogP contribution is 2.33. The molecule has 0 N–H and O–H groups in total. The Labute approximate surface area is 192 Å². The van der Waals surface area contributed by atoms with Gasteiger partial charge >= 0.3 is 6.18 Å². The zero-order chi connectivity index (χ0) is 24.0. The first-order valence-corrected chi connectivity index (χ1v) is 10.4. The number of rotatable bonds is 4. The molecule has 3 heterocycles. The minimum absolute atomic E-state index is 0.0624. The van der Waals surface area contributed by atoms with Crippen LogP contribution in [0.25, 0.3) is 27.7 Å². The van der Waals surface area contributed by atoms with Crippen molar-refractivity contribution in [3.8, 4) is 11.3 Å². The zero-order valence-electron chi connectivity index (χ0n) is 18.3. The summed E-state index contributed by atoms with van der Waals surface area (Å²) < 4.78 is 44.1. The van der Waals surface area contributed by atoms with Gasteiger partial charge in [0.2, 0.25) is 0 Å². The summed E-state index contributed by atoms with van der Waals surface area (Å²) in [6.07, 6.45) is -2.95. The minimum Gasteiger partial charge on any atom is -0.334 e. The molecule has 0 bridgehead atoms. The van der Waals surface area contributed by atoms with E-state index in [1.807, 2.05) is 30.3 Å². The average molecular weight is 464 g/mol. The summed E-state index contributed by atoms with van der Waals surface area (Å²) in [5.41, 5.74) is 0.126. The second-order valence-electron chi connectivity index (χ2n) is 8.03. The fourth-order valence-electron chi connectivity index (χ4n) is 3.84. The zero-order valence-corrected chi connectivity index (χ0v) is 18.3. The Bertz CT molecular complexity index is 1540. The van der Waals surface area contributed by atoms with Gasteiger partial charge in [0.15, 0.2) is 17.0 Å². The van der Waals surface area contributed by atoms with Gasteiger partial charge in [-0.2, -0.15) is 23.4 Å². The highest BCUT2D eigenvalue weighted by atomic mass is 19.4. The number of benzene rings is 2. The molecular weight excluding hydrogens is 445 g/mol. The molecule has 7 nitrogen and oxygen atoms in total. The van der Waals surface area contributed by atoms with Gasteiger partial charge in [-0.15, -0.1) is 0 Å². The Morgan fingerprint density at radius 2 is 1.76 bits per heavy atom. The molecule has 0 aliphatic heterocycles. The summed E-state index contributed by atoms with van der Waals surface area (Å²) in [6, 6.07) is 16.9. The Hall–Kier alpha value is -4.21. The lowest BCUT2D eigenvalue weighted by molar-refractivity contribution is -0.142. The molecule has 5 rings (SSSR count). The van der Waals surface area contributed by atoms with E-state index in [9.17, 15) is 18.0 Å². The Morgan fingerprint density at radius 1 is 1.00 bits per heavy atom. The van der Waals surface area contributed by atoms with Crippen LogP contribution in [0.4, 0.5) is 13.2 Å². The number of aryl methyl sites for hydroxylation is 1. The molecule has 0 atom stereocenters. The average Bonchev–Trinajstić information content (AvgIpc) is 3.42. The van der Waals surface area contributed by atoms with Gasteiger partial charge in [-0.1, -0.05) is 36.4 Å². The molecule has 3 aromatic heterocycles. The number of carbonyl (C=O) groups is 1. The monoisotopic (exact) mass is 464 g/mol. The van der Waals surface area contributed by atoms with E-state index in [4.69, 9.17) is 0 Å². The first-order chi connectivity index (χ1) is 16.2. The van der Waals surface area contributed by atoms with Crippen LogP contribution in [0.5, 0.6) is 0 Å². The van der Waals surface area contributed by atoms with E-state index in [1.54, 1.807) is 43.2 Å². The lowest BCUT2D eigenvalue weighted by atomic mass is 10.0. The maximum atomic E-state index is 13.9. The molecule has 0 saturated carbocycles. The van der Waals surface area contributed by atoms with E-state index in [0.29, 0.717) is 15.8 Å². The van der Waals surface area contributed by atoms with Crippen LogP contribution >= 0.6 is 0 Å². The number of aromatic nitrogens is 5. The summed E-state index contributed by atoms with van der Waals surface area (Å²) in [4.78, 5) is 18.6. The van der Waals surface area contributed by atoms with Crippen molar-refractivity contribution in [1.82, 2.24) is 29.3 Å². The summed E-state index contributed by atoms with van der Waals surface area (Å²) in [5, 5.41) is 10.0. The SMILES string of the molecule is CN(Cc1ccn(C)n1)C(=O)c1cc2nc(-c3ccc4ccccc4c3)cc(C(F)(F)F)n2n1. The van der Waals surface area contributed by atoms with Crippen LogP contribution in [0, 0.1) is 0 Å².